The zero-order chi connectivity index (χ0) is 13.8. The fraction of sp³-hybridized carbons (Fsp3) is 0.294. The molecule has 100 valence electrons. The highest BCUT2D eigenvalue weighted by Gasteiger charge is 2.05. The van der Waals surface area contributed by atoms with E-state index < -0.39 is 0 Å². The molecule has 2 aromatic rings. The van der Waals surface area contributed by atoms with Crippen molar-refractivity contribution in [2.75, 3.05) is 0 Å². The first kappa shape index (κ1) is 14.3. The van der Waals surface area contributed by atoms with Crippen molar-refractivity contribution in [3.8, 4) is 0 Å². The van der Waals surface area contributed by atoms with E-state index in [1.165, 1.54) is 26.7 Å². The van der Waals surface area contributed by atoms with E-state index in [-0.39, 0.29) is 0 Å². The van der Waals surface area contributed by atoms with Crippen LogP contribution in [0, 0.1) is 13.8 Å². The molecule has 1 atom stereocenters. The maximum absolute atomic E-state index is 3.58. The Morgan fingerprint density at radius 2 is 1.74 bits per heavy atom. The van der Waals surface area contributed by atoms with Gasteiger partial charge in [-0.3, -0.25) is 0 Å². The van der Waals surface area contributed by atoms with Gasteiger partial charge in [-0.1, -0.05) is 57.9 Å². The normalized spacial score (nSPS) is 12.4. The molecule has 0 spiro atoms. The average Bonchev–Trinajstić information content (AvgIpc) is 2.40. The molecule has 2 heteroatoms. The molecule has 19 heavy (non-hydrogen) atoms. The molecule has 2 aromatic carbocycles. The lowest BCUT2D eigenvalue weighted by Crippen LogP contribution is -2.18. The van der Waals surface area contributed by atoms with E-state index in [0.29, 0.717) is 6.04 Å². The van der Waals surface area contributed by atoms with Gasteiger partial charge in [-0.25, -0.2) is 0 Å². The molecule has 1 unspecified atom stereocenters. The maximum Gasteiger partial charge on any atom is 0.0294 e. The molecule has 0 aromatic heterocycles. The van der Waals surface area contributed by atoms with Gasteiger partial charge in [0.1, 0.15) is 0 Å². The smallest absolute Gasteiger partial charge is 0.0294 e. The third-order valence-electron chi connectivity index (χ3n) is 3.43. The Kier molecular flexibility index (Phi) is 4.78. The van der Waals surface area contributed by atoms with E-state index in [1.54, 1.807) is 0 Å². The maximum atomic E-state index is 3.58. The molecular formula is C17H20BrN. The number of hydrogen-bond acceptors (Lipinski definition) is 1. The Balaban J connectivity index is 1.98. The number of aryl methyl sites for hydroxylation is 2. The summed E-state index contributed by atoms with van der Waals surface area (Å²) in [6.45, 7) is 7.31. The highest BCUT2D eigenvalue weighted by atomic mass is 79.9. The number of rotatable bonds is 4. The van der Waals surface area contributed by atoms with Crippen molar-refractivity contribution in [3.05, 3.63) is 69.2 Å². The highest BCUT2D eigenvalue weighted by molar-refractivity contribution is 9.10. The summed E-state index contributed by atoms with van der Waals surface area (Å²) in [6.07, 6.45) is 0. The summed E-state index contributed by atoms with van der Waals surface area (Å²) in [5.74, 6) is 0. The molecule has 2 rings (SSSR count). The van der Waals surface area contributed by atoms with Crippen LogP contribution in [0.2, 0.25) is 0 Å². The van der Waals surface area contributed by atoms with Crippen LogP contribution in [0.25, 0.3) is 0 Å². The molecule has 0 heterocycles. The Hall–Kier alpha value is -1.12. The molecule has 1 nitrogen and oxygen atoms in total. The van der Waals surface area contributed by atoms with Crippen molar-refractivity contribution in [3.63, 3.8) is 0 Å². The summed E-state index contributed by atoms with van der Waals surface area (Å²) >= 11 is 3.58. The van der Waals surface area contributed by atoms with Crippen LogP contribution in [0.3, 0.4) is 0 Å². The minimum atomic E-state index is 0.362. The van der Waals surface area contributed by atoms with Crippen molar-refractivity contribution >= 4 is 15.9 Å². The second-order valence-corrected chi connectivity index (χ2v) is 5.95. The van der Waals surface area contributed by atoms with Crippen LogP contribution < -0.4 is 5.32 Å². The predicted molar refractivity (Wildman–Crippen MR) is 85.3 cm³/mol. The van der Waals surface area contributed by atoms with E-state index >= 15 is 0 Å². The van der Waals surface area contributed by atoms with E-state index in [9.17, 15) is 0 Å². The van der Waals surface area contributed by atoms with Gasteiger partial charge in [0.2, 0.25) is 0 Å². The molecule has 0 fully saturated rings. The lowest BCUT2D eigenvalue weighted by molar-refractivity contribution is 0.574. The summed E-state index contributed by atoms with van der Waals surface area (Å²) in [4.78, 5) is 0. The lowest BCUT2D eigenvalue weighted by atomic mass is 10.1. The third-order valence-corrected chi connectivity index (χ3v) is 4.28. The summed E-state index contributed by atoms with van der Waals surface area (Å²) < 4.78 is 1.18. The fourth-order valence-corrected chi connectivity index (χ4v) is 2.42. The first-order valence-electron chi connectivity index (χ1n) is 6.61. The van der Waals surface area contributed by atoms with Gasteiger partial charge < -0.3 is 5.32 Å². The van der Waals surface area contributed by atoms with Gasteiger partial charge in [0.15, 0.2) is 0 Å². The van der Waals surface area contributed by atoms with E-state index in [4.69, 9.17) is 0 Å². The van der Waals surface area contributed by atoms with Crippen LogP contribution in [0.4, 0.5) is 0 Å². The minimum absolute atomic E-state index is 0.362. The Morgan fingerprint density at radius 1 is 1.05 bits per heavy atom. The molecule has 0 aliphatic heterocycles. The summed E-state index contributed by atoms with van der Waals surface area (Å²) in [7, 11) is 0. The van der Waals surface area contributed by atoms with Crippen molar-refractivity contribution in [1.82, 2.24) is 5.32 Å². The number of hydrogen-bond donors (Lipinski definition) is 1. The third kappa shape index (κ3) is 3.92. The molecule has 0 saturated carbocycles. The summed E-state index contributed by atoms with van der Waals surface area (Å²) in [6, 6.07) is 15.6. The molecular weight excluding hydrogens is 298 g/mol. The van der Waals surface area contributed by atoms with Crippen molar-refractivity contribution < 1.29 is 0 Å². The van der Waals surface area contributed by atoms with E-state index in [2.05, 4.69) is 84.5 Å². The SMILES string of the molecule is Cc1ccc(C(C)NCc2ccc(C)c(Br)c2)cc1. The average molecular weight is 318 g/mol. The molecule has 1 N–H and O–H groups in total. The summed E-state index contributed by atoms with van der Waals surface area (Å²) in [5, 5.41) is 3.56. The van der Waals surface area contributed by atoms with Gasteiger partial charge in [0.05, 0.1) is 0 Å². The largest absolute Gasteiger partial charge is 0.306 e. The zero-order valence-corrected chi connectivity index (χ0v) is 13.3. The molecule has 0 amide bonds. The molecule has 0 aliphatic carbocycles. The Morgan fingerprint density at radius 3 is 2.37 bits per heavy atom. The molecule has 0 bridgehead atoms. The van der Waals surface area contributed by atoms with Gasteiger partial charge in [0, 0.05) is 17.1 Å². The number of benzene rings is 2. The van der Waals surface area contributed by atoms with Crippen molar-refractivity contribution in [2.45, 2.75) is 33.4 Å². The van der Waals surface area contributed by atoms with Gasteiger partial charge in [-0.15, -0.1) is 0 Å². The molecule has 0 radical (unpaired) electrons. The predicted octanol–water partition coefficient (Wildman–Crippen LogP) is 4.92. The van der Waals surface area contributed by atoms with Crippen molar-refractivity contribution in [2.24, 2.45) is 0 Å². The second kappa shape index (κ2) is 6.36. The minimum Gasteiger partial charge on any atom is -0.306 e. The number of halogens is 1. The van der Waals surface area contributed by atoms with E-state index in [0.717, 1.165) is 6.54 Å². The monoisotopic (exact) mass is 317 g/mol. The highest BCUT2D eigenvalue weighted by Crippen LogP contribution is 2.19. The molecule has 0 aliphatic rings. The van der Waals surface area contributed by atoms with E-state index in [1.807, 2.05) is 0 Å². The first-order valence-corrected chi connectivity index (χ1v) is 7.40. The first-order chi connectivity index (χ1) is 9.06. The van der Waals surface area contributed by atoms with Gasteiger partial charge in [-0.05, 0) is 43.5 Å². The quantitative estimate of drug-likeness (QED) is 0.844. The second-order valence-electron chi connectivity index (χ2n) is 5.10. The Bertz CT molecular complexity index is 546. The van der Waals surface area contributed by atoms with Crippen LogP contribution in [0.15, 0.2) is 46.9 Å². The van der Waals surface area contributed by atoms with Crippen LogP contribution in [0.1, 0.15) is 35.2 Å². The van der Waals surface area contributed by atoms with Crippen LogP contribution >= 0.6 is 15.9 Å². The standard InChI is InChI=1S/C17H20BrN/c1-12-4-8-16(9-5-12)14(3)19-11-15-7-6-13(2)17(18)10-15/h4-10,14,19H,11H2,1-3H3. The van der Waals surface area contributed by atoms with Crippen LogP contribution in [-0.2, 0) is 6.54 Å². The summed E-state index contributed by atoms with van der Waals surface area (Å²) in [5.41, 5.74) is 5.21. The van der Waals surface area contributed by atoms with Crippen molar-refractivity contribution in [1.29, 1.82) is 0 Å². The number of nitrogens with one attached hydrogen (secondary N) is 1. The van der Waals surface area contributed by atoms with Crippen LogP contribution in [0.5, 0.6) is 0 Å². The lowest BCUT2D eigenvalue weighted by Gasteiger charge is -2.15. The van der Waals surface area contributed by atoms with Gasteiger partial charge in [-0.2, -0.15) is 0 Å². The topological polar surface area (TPSA) is 12.0 Å². The Labute approximate surface area is 124 Å². The molecule has 0 saturated heterocycles. The van der Waals surface area contributed by atoms with Gasteiger partial charge in [0.25, 0.3) is 0 Å². The van der Waals surface area contributed by atoms with Crippen LogP contribution in [-0.4, -0.2) is 0 Å². The fourth-order valence-electron chi connectivity index (χ4n) is 1.99. The zero-order valence-electron chi connectivity index (χ0n) is 11.7. The van der Waals surface area contributed by atoms with Gasteiger partial charge >= 0.3 is 0 Å².